The van der Waals surface area contributed by atoms with Gasteiger partial charge in [0.25, 0.3) is 0 Å². The number of rotatable bonds is 6. The second kappa shape index (κ2) is 11.9. The van der Waals surface area contributed by atoms with Gasteiger partial charge in [0.2, 0.25) is 5.91 Å². The molecule has 1 rings (SSSR count). The molecule has 0 heterocycles. The van der Waals surface area contributed by atoms with Crippen molar-refractivity contribution >= 4 is 35.8 Å². The third kappa shape index (κ3) is 9.05. The highest BCUT2D eigenvalue weighted by molar-refractivity contribution is 14.0. The van der Waals surface area contributed by atoms with Gasteiger partial charge in [-0.05, 0) is 18.3 Å². The molecule has 1 fully saturated rings. The number of halogens is 1. The summed E-state index contributed by atoms with van der Waals surface area (Å²) >= 11 is 0. The second-order valence-corrected chi connectivity index (χ2v) is 7.30. The quantitative estimate of drug-likeness (QED) is 0.327. The van der Waals surface area contributed by atoms with Crippen LogP contribution in [0.2, 0.25) is 0 Å². The van der Waals surface area contributed by atoms with Crippen molar-refractivity contribution in [1.82, 2.24) is 16.0 Å². The number of aliphatic imine (C=N–C) groups is 1. The molecule has 0 aromatic carbocycles. The maximum atomic E-state index is 12.0. The molecule has 142 valence electrons. The molecule has 0 aromatic heterocycles. The zero-order chi connectivity index (χ0) is 17.3. The smallest absolute Gasteiger partial charge is 0.239 e. The summed E-state index contributed by atoms with van der Waals surface area (Å²) in [5.74, 6) is 0.647. The minimum Gasteiger partial charge on any atom is -0.379 e. The average Bonchev–Trinajstić information content (AvgIpc) is 2.50. The van der Waals surface area contributed by atoms with Crippen LogP contribution in [0.15, 0.2) is 4.99 Å². The molecule has 1 saturated carbocycles. The lowest BCUT2D eigenvalue weighted by Crippen LogP contribution is -2.48. The van der Waals surface area contributed by atoms with Gasteiger partial charge in [0.1, 0.15) is 0 Å². The Morgan fingerprint density at radius 3 is 2.33 bits per heavy atom. The van der Waals surface area contributed by atoms with Crippen LogP contribution in [-0.2, 0) is 9.53 Å². The van der Waals surface area contributed by atoms with Gasteiger partial charge in [-0.15, -0.1) is 24.0 Å². The van der Waals surface area contributed by atoms with Crippen molar-refractivity contribution in [3.05, 3.63) is 0 Å². The number of hydrogen-bond donors (Lipinski definition) is 3. The van der Waals surface area contributed by atoms with E-state index < -0.39 is 0 Å². The molecule has 1 atom stereocenters. The van der Waals surface area contributed by atoms with Crippen molar-refractivity contribution in [2.45, 2.75) is 65.0 Å². The van der Waals surface area contributed by atoms with E-state index in [4.69, 9.17) is 4.74 Å². The number of nitrogens with zero attached hydrogens (tertiary/aromatic N) is 1. The number of amides is 1. The van der Waals surface area contributed by atoms with E-state index in [-0.39, 0.29) is 47.9 Å². The van der Waals surface area contributed by atoms with Gasteiger partial charge in [0, 0.05) is 26.7 Å². The monoisotopic (exact) mass is 454 g/mol. The number of hydrogen-bond acceptors (Lipinski definition) is 3. The number of nitrogens with one attached hydrogen (secondary N) is 3. The second-order valence-electron chi connectivity index (χ2n) is 7.30. The normalized spacial score (nSPS) is 17.6. The summed E-state index contributed by atoms with van der Waals surface area (Å²) < 4.78 is 5.51. The van der Waals surface area contributed by atoms with Crippen molar-refractivity contribution in [3.8, 4) is 0 Å². The van der Waals surface area contributed by atoms with Crippen LogP contribution in [0.25, 0.3) is 0 Å². The van der Waals surface area contributed by atoms with E-state index in [1.807, 2.05) is 0 Å². The van der Waals surface area contributed by atoms with Crippen LogP contribution >= 0.6 is 24.0 Å². The van der Waals surface area contributed by atoms with Crippen molar-refractivity contribution in [2.24, 2.45) is 10.4 Å². The molecule has 1 aliphatic carbocycles. The van der Waals surface area contributed by atoms with E-state index in [0.29, 0.717) is 18.5 Å². The first-order valence-corrected chi connectivity index (χ1v) is 8.63. The van der Waals surface area contributed by atoms with Crippen LogP contribution in [0.3, 0.4) is 0 Å². The first-order valence-electron chi connectivity index (χ1n) is 8.63. The molecule has 0 aliphatic heterocycles. The van der Waals surface area contributed by atoms with Gasteiger partial charge >= 0.3 is 0 Å². The van der Waals surface area contributed by atoms with Crippen LogP contribution in [0.1, 0.15) is 52.9 Å². The minimum atomic E-state index is 0. The topological polar surface area (TPSA) is 74.8 Å². The number of carbonyl (C=O) groups is 1. The Kier molecular flexibility index (Phi) is 11.6. The number of methoxy groups -OCH3 is 1. The summed E-state index contributed by atoms with van der Waals surface area (Å²) in [4.78, 5) is 16.2. The third-order valence-electron chi connectivity index (χ3n) is 4.32. The summed E-state index contributed by atoms with van der Waals surface area (Å²) in [6.45, 7) is 7.29. The van der Waals surface area contributed by atoms with E-state index >= 15 is 0 Å². The van der Waals surface area contributed by atoms with Gasteiger partial charge in [0.05, 0.1) is 12.6 Å². The van der Waals surface area contributed by atoms with E-state index in [9.17, 15) is 4.79 Å². The SMILES string of the molecule is CN=C(NCC(=O)NC1CCCCC1)NCC(OC)C(C)(C)C.I. The van der Waals surface area contributed by atoms with Crippen molar-refractivity contribution in [2.75, 3.05) is 27.2 Å². The zero-order valence-electron chi connectivity index (χ0n) is 15.8. The van der Waals surface area contributed by atoms with Crippen LogP contribution in [0, 0.1) is 5.41 Å². The van der Waals surface area contributed by atoms with Crippen LogP contribution in [-0.4, -0.2) is 51.3 Å². The third-order valence-corrected chi connectivity index (χ3v) is 4.32. The predicted molar refractivity (Wildman–Crippen MR) is 110 cm³/mol. The molecule has 0 bridgehead atoms. The van der Waals surface area contributed by atoms with Crippen molar-refractivity contribution < 1.29 is 9.53 Å². The van der Waals surface area contributed by atoms with E-state index in [1.165, 1.54) is 19.3 Å². The summed E-state index contributed by atoms with van der Waals surface area (Å²) in [6, 6.07) is 0.340. The Bertz CT molecular complexity index is 391. The van der Waals surface area contributed by atoms with E-state index in [2.05, 4.69) is 41.7 Å². The number of ether oxygens (including phenoxy) is 1. The highest BCUT2D eigenvalue weighted by Crippen LogP contribution is 2.20. The Morgan fingerprint density at radius 1 is 1.21 bits per heavy atom. The van der Waals surface area contributed by atoms with Gasteiger partial charge in [0.15, 0.2) is 5.96 Å². The van der Waals surface area contributed by atoms with Crippen LogP contribution in [0.5, 0.6) is 0 Å². The molecule has 1 aliphatic rings. The fraction of sp³-hybridized carbons (Fsp3) is 0.882. The summed E-state index contributed by atoms with van der Waals surface area (Å²) in [5.41, 5.74) is 0.0406. The zero-order valence-corrected chi connectivity index (χ0v) is 18.1. The molecule has 24 heavy (non-hydrogen) atoms. The molecule has 0 spiro atoms. The lowest BCUT2D eigenvalue weighted by Gasteiger charge is -2.30. The first-order chi connectivity index (χ1) is 10.9. The molecule has 1 unspecified atom stereocenters. The Hall–Kier alpha value is -0.570. The van der Waals surface area contributed by atoms with Gasteiger partial charge in [-0.1, -0.05) is 40.0 Å². The lowest BCUT2D eigenvalue weighted by atomic mass is 9.89. The molecule has 0 radical (unpaired) electrons. The van der Waals surface area contributed by atoms with E-state index in [1.54, 1.807) is 14.2 Å². The minimum absolute atomic E-state index is 0. The molecular weight excluding hydrogens is 419 g/mol. The van der Waals surface area contributed by atoms with Gasteiger partial charge in [-0.25, -0.2) is 0 Å². The fourth-order valence-corrected chi connectivity index (χ4v) is 2.84. The van der Waals surface area contributed by atoms with Crippen molar-refractivity contribution in [3.63, 3.8) is 0 Å². The van der Waals surface area contributed by atoms with Gasteiger partial charge in [-0.3, -0.25) is 9.79 Å². The molecular formula is C17H35IN4O2. The van der Waals surface area contributed by atoms with Crippen LogP contribution < -0.4 is 16.0 Å². The fourth-order valence-electron chi connectivity index (χ4n) is 2.84. The van der Waals surface area contributed by atoms with Gasteiger partial charge in [-0.2, -0.15) is 0 Å². The molecule has 6 nitrogen and oxygen atoms in total. The molecule has 0 aromatic rings. The predicted octanol–water partition coefficient (Wildman–Crippen LogP) is 2.28. The highest BCUT2D eigenvalue weighted by atomic mass is 127. The Balaban J connectivity index is 0.00000529. The summed E-state index contributed by atoms with van der Waals surface area (Å²) in [6.07, 6.45) is 5.98. The van der Waals surface area contributed by atoms with Gasteiger partial charge < -0.3 is 20.7 Å². The number of carbonyl (C=O) groups excluding carboxylic acids is 1. The standard InChI is InChI=1S/C17H34N4O2.HI/c1-17(2,3)14(23-5)11-19-16(18-4)20-12-15(22)21-13-9-7-6-8-10-13;/h13-14H,6-12H2,1-5H3,(H,21,22)(H2,18,19,20);1H. The number of guanidine groups is 1. The first kappa shape index (κ1) is 23.4. The Labute approximate surface area is 164 Å². The average molecular weight is 454 g/mol. The Morgan fingerprint density at radius 2 is 1.83 bits per heavy atom. The summed E-state index contributed by atoms with van der Waals surface area (Å²) in [7, 11) is 3.42. The molecule has 0 saturated heterocycles. The highest BCUT2D eigenvalue weighted by Gasteiger charge is 2.24. The maximum Gasteiger partial charge on any atom is 0.239 e. The largest absolute Gasteiger partial charge is 0.379 e. The lowest BCUT2D eigenvalue weighted by molar-refractivity contribution is -0.120. The summed E-state index contributed by atoms with van der Waals surface area (Å²) in [5, 5.41) is 9.37. The molecule has 7 heteroatoms. The van der Waals surface area contributed by atoms with E-state index in [0.717, 1.165) is 12.8 Å². The molecule has 3 N–H and O–H groups in total. The molecule has 1 amide bonds. The maximum absolute atomic E-state index is 12.0. The van der Waals surface area contributed by atoms with Crippen LogP contribution in [0.4, 0.5) is 0 Å². The van der Waals surface area contributed by atoms with Crippen molar-refractivity contribution in [1.29, 1.82) is 0 Å².